The van der Waals surface area contributed by atoms with Crippen LogP contribution in [0.5, 0.6) is 0 Å². The molecule has 2 saturated heterocycles. The van der Waals surface area contributed by atoms with Gasteiger partial charge >= 0.3 is 7.12 Å². The highest BCUT2D eigenvalue weighted by molar-refractivity contribution is 6.62. The molecule has 0 unspecified atom stereocenters. The second-order valence-electron chi connectivity index (χ2n) is 6.12. The average molecular weight is 297 g/mol. The third-order valence-corrected chi connectivity index (χ3v) is 4.11. The van der Waals surface area contributed by atoms with Crippen LogP contribution in [0.15, 0.2) is 24.3 Å². The predicted octanol–water partition coefficient (Wildman–Crippen LogP) is 2.98. The number of anilines is 1. The van der Waals surface area contributed by atoms with E-state index >= 15 is 0 Å². The first-order chi connectivity index (χ1) is 13.7. The molecule has 2 aliphatic rings. The molecule has 2 heterocycles. The van der Waals surface area contributed by atoms with Gasteiger partial charge in [0.1, 0.15) is 0 Å². The molecule has 1 aromatic carbocycles. The number of hydrogen-bond donors (Lipinski definition) is 0. The lowest BCUT2D eigenvalue weighted by molar-refractivity contribution is 0.00578. The van der Waals surface area contributed by atoms with Crippen LogP contribution < -0.4 is 10.4 Å². The zero-order chi connectivity index (χ0) is 24.1. The molecule has 1 aromatic rings. The van der Waals surface area contributed by atoms with E-state index in [0.717, 1.165) is 0 Å². The van der Waals surface area contributed by atoms with Gasteiger partial charge in [-0.15, -0.1) is 0 Å². The molecule has 2 fully saturated rings. The lowest BCUT2D eigenvalue weighted by Crippen LogP contribution is -2.41. The quantitative estimate of drug-likeness (QED) is 0.783. The van der Waals surface area contributed by atoms with Crippen LogP contribution in [0.25, 0.3) is 0 Å². The Bertz CT molecular complexity index is 843. The topological polar surface area (TPSA) is 21.7 Å². The minimum absolute atomic E-state index is 0.162. The van der Waals surface area contributed by atoms with E-state index in [1.165, 1.54) is 18.2 Å². The molecule has 3 rings (SSSR count). The van der Waals surface area contributed by atoms with Gasteiger partial charge in [-0.25, -0.2) is 0 Å². The minimum atomic E-state index is -3.45. The fourth-order valence-corrected chi connectivity index (χ4v) is 2.15. The number of benzene rings is 1. The molecular weight excluding hydrogens is 261 g/mol. The van der Waals surface area contributed by atoms with E-state index in [2.05, 4.69) is 0 Å². The van der Waals surface area contributed by atoms with Crippen molar-refractivity contribution in [3.05, 3.63) is 24.3 Å². The van der Waals surface area contributed by atoms with E-state index in [9.17, 15) is 0 Å². The Balaban J connectivity index is 2.13. The van der Waals surface area contributed by atoms with E-state index in [1.807, 2.05) is 27.7 Å². The van der Waals surface area contributed by atoms with Gasteiger partial charge < -0.3 is 14.2 Å². The maximum absolute atomic E-state index is 8.33. The molecule has 0 radical (unpaired) electrons. The summed E-state index contributed by atoms with van der Waals surface area (Å²) >= 11 is 0. The number of nitrogens with zero attached hydrogens (tertiary/aromatic N) is 1. The predicted molar refractivity (Wildman–Crippen MR) is 88.2 cm³/mol. The third-order valence-electron chi connectivity index (χ3n) is 4.11. The van der Waals surface area contributed by atoms with Gasteiger partial charge in [0.05, 0.1) is 11.2 Å². The van der Waals surface area contributed by atoms with Gasteiger partial charge in [0.2, 0.25) is 0 Å². The Morgan fingerprint density at radius 1 is 1.05 bits per heavy atom. The molecule has 0 spiro atoms. The number of rotatable bonds is 2. The smallest absolute Gasteiger partial charge is 0.399 e. The molecule has 0 N–H and O–H groups in total. The summed E-state index contributed by atoms with van der Waals surface area (Å²) in [6, 6.07) is 5.78. The van der Waals surface area contributed by atoms with Gasteiger partial charge in [0, 0.05) is 32.4 Å². The highest BCUT2D eigenvalue weighted by Gasteiger charge is 2.51. The first kappa shape index (κ1) is 7.05. The summed E-state index contributed by atoms with van der Waals surface area (Å²) in [5, 5.41) is 0. The van der Waals surface area contributed by atoms with Crippen LogP contribution in [0.2, 0.25) is 0 Å². The summed E-state index contributed by atoms with van der Waals surface area (Å²) in [7, 11) is -0.855. The van der Waals surface area contributed by atoms with Crippen molar-refractivity contribution in [2.24, 2.45) is 0 Å². The van der Waals surface area contributed by atoms with E-state index in [-0.39, 0.29) is 5.69 Å². The summed E-state index contributed by atoms with van der Waals surface area (Å²) in [6.07, 6.45) is -10.2. The molecule has 0 saturated carbocycles. The van der Waals surface area contributed by atoms with Crippen LogP contribution in [0.3, 0.4) is 0 Å². The molecule has 3 nitrogen and oxygen atoms in total. The van der Waals surface area contributed by atoms with Gasteiger partial charge in [-0.2, -0.15) is 0 Å². The van der Waals surface area contributed by atoms with Crippen molar-refractivity contribution in [3.63, 3.8) is 0 Å². The van der Waals surface area contributed by atoms with Crippen LogP contribution in [0.4, 0.5) is 5.69 Å². The van der Waals surface area contributed by atoms with Gasteiger partial charge in [-0.1, -0.05) is 12.1 Å². The fraction of sp³-hybridized carbons (Fsp3) is 0.647. The SMILES string of the molecule is [2H]C1([2H])N(c2cccc(B3OC(C)(C)C(C)(C)O3)c2)C([2H])([2H])C([2H])([2H])C([2H])([2H])C1([2H])[2H]. The van der Waals surface area contributed by atoms with Crippen molar-refractivity contribution in [2.75, 3.05) is 17.9 Å². The summed E-state index contributed by atoms with van der Waals surface area (Å²) < 4.78 is 93.5. The van der Waals surface area contributed by atoms with Crippen LogP contribution in [-0.2, 0) is 9.31 Å². The average Bonchev–Trinajstić information content (AvgIpc) is 2.81. The third kappa shape index (κ3) is 2.84. The van der Waals surface area contributed by atoms with Gasteiger partial charge in [-0.05, 0) is 64.4 Å². The Morgan fingerprint density at radius 3 is 2.29 bits per heavy atom. The van der Waals surface area contributed by atoms with E-state index in [0.29, 0.717) is 10.4 Å². The summed E-state index contributed by atoms with van der Waals surface area (Å²) in [5.41, 5.74) is -1.07. The highest BCUT2D eigenvalue weighted by atomic mass is 16.7. The zero-order valence-corrected chi connectivity index (χ0v) is 12.7. The van der Waals surface area contributed by atoms with Crippen molar-refractivity contribution >= 4 is 18.3 Å². The number of piperidine rings is 1. The van der Waals surface area contributed by atoms with Gasteiger partial charge in [0.25, 0.3) is 0 Å². The zero-order valence-electron chi connectivity index (χ0n) is 22.7. The highest BCUT2D eigenvalue weighted by Crippen LogP contribution is 2.36. The summed E-state index contributed by atoms with van der Waals surface area (Å²) in [4.78, 5) is 0.343. The monoisotopic (exact) mass is 297 g/mol. The Labute approximate surface area is 142 Å². The molecule has 2 aliphatic heterocycles. The molecule has 114 valence electrons. The van der Waals surface area contributed by atoms with Crippen LogP contribution in [0.1, 0.15) is 60.5 Å². The van der Waals surface area contributed by atoms with Crippen molar-refractivity contribution in [2.45, 2.75) is 58.0 Å². The number of hydrogen-bond acceptors (Lipinski definition) is 3. The van der Waals surface area contributed by atoms with Crippen molar-refractivity contribution < 1.29 is 23.0 Å². The molecule has 4 heteroatoms. The molecule has 0 aromatic heterocycles. The first-order valence-electron chi connectivity index (χ1n) is 11.9. The van der Waals surface area contributed by atoms with Crippen LogP contribution >= 0.6 is 0 Å². The Morgan fingerprint density at radius 2 is 1.67 bits per heavy atom. The van der Waals surface area contributed by atoms with E-state index in [4.69, 9.17) is 23.0 Å². The van der Waals surface area contributed by atoms with Crippen LogP contribution in [-0.4, -0.2) is 31.3 Å². The second kappa shape index (κ2) is 5.33. The minimum Gasteiger partial charge on any atom is -0.399 e. The van der Waals surface area contributed by atoms with Gasteiger partial charge in [-0.3, -0.25) is 0 Å². The lowest BCUT2D eigenvalue weighted by atomic mass is 9.79. The molecule has 0 atom stereocenters. The van der Waals surface area contributed by atoms with Crippen molar-refractivity contribution in [1.82, 2.24) is 0 Å². The van der Waals surface area contributed by atoms with Crippen molar-refractivity contribution in [3.8, 4) is 0 Å². The van der Waals surface area contributed by atoms with E-state index in [1.54, 1.807) is 6.07 Å². The van der Waals surface area contributed by atoms with Crippen molar-refractivity contribution in [1.29, 1.82) is 0 Å². The standard InChI is InChI=1S/C17H26BNO2/c1-16(2)17(3,4)21-18(20-16)14-9-8-10-15(13-14)19-11-6-5-7-12-19/h8-10,13H,5-7,11-12H2,1-4H3/i5D2,6D2,7D2,11D2,12D2. The second-order valence-corrected chi connectivity index (χ2v) is 6.12. The Hall–Kier alpha value is -0.995. The lowest BCUT2D eigenvalue weighted by Gasteiger charge is -2.32. The fourth-order valence-electron chi connectivity index (χ4n) is 2.15. The molecule has 0 bridgehead atoms. The van der Waals surface area contributed by atoms with Gasteiger partial charge in [0.15, 0.2) is 0 Å². The largest absolute Gasteiger partial charge is 0.494 e. The van der Waals surface area contributed by atoms with Crippen LogP contribution in [0, 0.1) is 0 Å². The molecule has 0 amide bonds. The maximum Gasteiger partial charge on any atom is 0.494 e. The normalized spacial score (nSPS) is 43.4. The molecular formula is C17H26BNO2. The van der Waals surface area contributed by atoms with E-state index < -0.39 is 50.4 Å². The molecule has 21 heavy (non-hydrogen) atoms. The Kier molecular flexibility index (Phi) is 1.79. The first-order valence-corrected chi connectivity index (χ1v) is 6.91. The summed E-state index contributed by atoms with van der Waals surface area (Å²) in [5.74, 6) is 0. The molecule has 0 aliphatic carbocycles. The maximum atomic E-state index is 8.33. The summed E-state index contributed by atoms with van der Waals surface area (Å²) in [6.45, 7) is 0.960.